The van der Waals surface area contributed by atoms with Crippen LogP contribution in [-0.4, -0.2) is 60.0 Å². The lowest BCUT2D eigenvalue weighted by atomic mass is 10.0. The number of morpholine rings is 1. The van der Waals surface area contributed by atoms with E-state index in [4.69, 9.17) is 9.73 Å². The highest BCUT2D eigenvalue weighted by molar-refractivity contribution is 5.79. The van der Waals surface area contributed by atoms with E-state index in [0.29, 0.717) is 6.54 Å². The van der Waals surface area contributed by atoms with Crippen LogP contribution in [0, 0.1) is 0 Å². The Morgan fingerprint density at radius 1 is 1.19 bits per heavy atom. The molecule has 1 unspecified atom stereocenters. The van der Waals surface area contributed by atoms with Crippen molar-refractivity contribution in [1.82, 2.24) is 25.3 Å². The Morgan fingerprint density at radius 3 is 2.63 bits per heavy atom. The lowest BCUT2D eigenvalue weighted by Gasteiger charge is -2.35. The van der Waals surface area contributed by atoms with E-state index >= 15 is 0 Å². The van der Waals surface area contributed by atoms with E-state index < -0.39 is 0 Å². The van der Waals surface area contributed by atoms with Crippen LogP contribution in [0.15, 0.2) is 47.6 Å². The molecule has 0 spiro atoms. The summed E-state index contributed by atoms with van der Waals surface area (Å²) in [5, 5.41) is 11.1. The van der Waals surface area contributed by atoms with Crippen molar-refractivity contribution in [3.63, 3.8) is 0 Å². The summed E-state index contributed by atoms with van der Waals surface area (Å²) in [5.74, 6) is 0.827. The standard InChI is InChI=1S/C20H30N6O/c1-3-21-20(22-15-18-9-10-24-25(18)2)23-16-19(17-7-5-4-6-8-17)26-11-13-27-14-12-26/h4-10,19H,3,11-16H2,1-2H3,(H2,21,22,23). The molecule has 0 saturated carbocycles. The predicted octanol–water partition coefficient (Wildman–Crippen LogP) is 1.55. The van der Waals surface area contributed by atoms with Gasteiger partial charge in [0.25, 0.3) is 0 Å². The molecule has 1 saturated heterocycles. The minimum atomic E-state index is 0.288. The van der Waals surface area contributed by atoms with Crippen molar-refractivity contribution in [3.8, 4) is 0 Å². The average molecular weight is 371 g/mol. The molecule has 7 heteroatoms. The molecule has 2 N–H and O–H groups in total. The lowest BCUT2D eigenvalue weighted by Crippen LogP contribution is -2.46. The van der Waals surface area contributed by atoms with Gasteiger partial charge in [0.05, 0.1) is 31.5 Å². The molecule has 0 aliphatic carbocycles. The molecule has 1 fully saturated rings. The van der Waals surface area contributed by atoms with Crippen LogP contribution in [0.2, 0.25) is 0 Å². The topological polar surface area (TPSA) is 66.7 Å². The van der Waals surface area contributed by atoms with Gasteiger partial charge in [0.1, 0.15) is 0 Å². The molecule has 27 heavy (non-hydrogen) atoms. The molecule has 146 valence electrons. The van der Waals surface area contributed by atoms with Crippen molar-refractivity contribution in [2.24, 2.45) is 12.0 Å². The molecule has 1 aliphatic rings. The van der Waals surface area contributed by atoms with Gasteiger partial charge in [0.15, 0.2) is 5.96 Å². The van der Waals surface area contributed by atoms with Gasteiger partial charge in [-0.05, 0) is 18.6 Å². The first-order chi connectivity index (χ1) is 13.3. The van der Waals surface area contributed by atoms with Gasteiger partial charge >= 0.3 is 0 Å². The molecule has 0 bridgehead atoms. The van der Waals surface area contributed by atoms with Gasteiger partial charge in [-0.1, -0.05) is 30.3 Å². The number of ether oxygens (including phenoxy) is 1. The highest BCUT2D eigenvalue weighted by atomic mass is 16.5. The van der Waals surface area contributed by atoms with Crippen LogP contribution in [0.25, 0.3) is 0 Å². The molecule has 7 nitrogen and oxygen atoms in total. The summed E-state index contributed by atoms with van der Waals surface area (Å²) in [4.78, 5) is 7.20. The highest BCUT2D eigenvalue weighted by Crippen LogP contribution is 2.21. The zero-order valence-corrected chi connectivity index (χ0v) is 16.3. The van der Waals surface area contributed by atoms with Crippen LogP contribution in [0.3, 0.4) is 0 Å². The van der Waals surface area contributed by atoms with E-state index in [1.54, 1.807) is 6.20 Å². The Bertz CT molecular complexity index is 708. The van der Waals surface area contributed by atoms with Crippen molar-refractivity contribution in [2.45, 2.75) is 19.5 Å². The number of hydrogen-bond donors (Lipinski definition) is 2. The van der Waals surface area contributed by atoms with Crippen molar-refractivity contribution in [2.75, 3.05) is 39.4 Å². The zero-order valence-electron chi connectivity index (χ0n) is 16.3. The number of benzene rings is 1. The Morgan fingerprint density at radius 2 is 1.96 bits per heavy atom. The summed E-state index contributed by atoms with van der Waals surface area (Å²) in [6.07, 6.45) is 1.80. The maximum atomic E-state index is 5.53. The summed E-state index contributed by atoms with van der Waals surface area (Å²) in [5.41, 5.74) is 2.40. The largest absolute Gasteiger partial charge is 0.379 e. The number of guanidine groups is 1. The maximum absolute atomic E-state index is 5.53. The Kier molecular flexibility index (Phi) is 7.24. The molecule has 0 radical (unpaired) electrons. The number of nitrogens with zero attached hydrogens (tertiary/aromatic N) is 4. The fourth-order valence-electron chi connectivity index (χ4n) is 3.27. The number of aliphatic imine (C=N–C) groups is 1. The minimum absolute atomic E-state index is 0.288. The van der Waals surface area contributed by atoms with E-state index in [1.165, 1.54) is 5.56 Å². The normalized spacial score (nSPS) is 16.9. The van der Waals surface area contributed by atoms with Crippen molar-refractivity contribution in [3.05, 3.63) is 53.9 Å². The van der Waals surface area contributed by atoms with Crippen molar-refractivity contribution >= 4 is 5.96 Å². The van der Waals surface area contributed by atoms with Crippen LogP contribution in [-0.2, 0) is 18.3 Å². The van der Waals surface area contributed by atoms with Gasteiger partial charge in [0.2, 0.25) is 0 Å². The highest BCUT2D eigenvalue weighted by Gasteiger charge is 2.22. The fraction of sp³-hybridized carbons (Fsp3) is 0.500. The lowest BCUT2D eigenvalue weighted by molar-refractivity contribution is 0.0170. The second-order valence-electron chi connectivity index (χ2n) is 6.60. The van der Waals surface area contributed by atoms with Crippen LogP contribution in [0.4, 0.5) is 0 Å². The molecule has 0 amide bonds. The van der Waals surface area contributed by atoms with Crippen molar-refractivity contribution in [1.29, 1.82) is 0 Å². The third-order valence-corrected chi connectivity index (χ3v) is 4.80. The maximum Gasteiger partial charge on any atom is 0.191 e. The Balaban J connectivity index is 1.68. The van der Waals surface area contributed by atoms with E-state index in [9.17, 15) is 0 Å². The quantitative estimate of drug-likeness (QED) is 0.572. The summed E-state index contributed by atoms with van der Waals surface area (Å²) >= 11 is 0. The number of hydrogen-bond acceptors (Lipinski definition) is 4. The number of nitrogens with one attached hydrogen (secondary N) is 2. The smallest absolute Gasteiger partial charge is 0.191 e. The summed E-state index contributed by atoms with van der Waals surface area (Å²) in [6.45, 7) is 7.77. The summed E-state index contributed by atoms with van der Waals surface area (Å²) in [6, 6.07) is 12.9. The van der Waals surface area contributed by atoms with Crippen LogP contribution < -0.4 is 10.6 Å². The van der Waals surface area contributed by atoms with E-state index in [-0.39, 0.29) is 6.04 Å². The molecular weight excluding hydrogens is 340 g/mol. The van der Waals surface area contributed by atoms with Gasteiger partial charge in [-0.2, -0.15) is 5.10 Å². The molecule has 1 aromatic heterocycles. The Hall–Kier alpha value is -2.38. The van der Waals surface area contributed by atoms with E-state index in [0.717, 1.165) is 51.0 Å². The fourth-order valence-corrected chi connectivity index (χ4v) is 3.27. The summed E-state index contributed by atoms with van der Waals surface area (Å²) in [7, 11) is 1.94. The first-order valence-corrected chi connectivity index (χ1v) is 9.63. The van der Waals surface area contributed by atoms with E-state index in [1.807, 2.05) is 17.8 Å². The number of aromatic nitrogens is 2. The van der Waals surface area contributed by atoms with Gasteiger partial charge < -0.3 is 15.4 Å². The third kappa shape index (κ3) is 5.55. The van der Waals surface area contributed by atoms with Crippen LogP contribution in [0.1, 0.15) is 24.2 Å². The van der Waals surface area contributed by atoms with Crippen LogP contribution in [0.5, 0.6) is 0 Å². The molecular formula is C20H30N6O. The average Bonchev–Trinajstić information content (AvgIpc) is 3.12. The summed E-state index contributed by atoms with van der Waals surface area (Å²) < 4.78 is 7.39. The number of aryl methyl sites for hydroxylation is 1. The molecule has 2 aromatic rings. The number of rotatable bonds is 7. The van der Waals surface area contributed by atoms with Crippen LogP contribution >= 0.6 is 0 Å². The van der Waals surface area contributed by atoms with Gasteiger partial charge in [0, 0.05) is 39.4 Å². The van der Waals surface area contributed by atoms with Crippen molar-refractivity contribution < 1.29 is 4.74 Å². The Labute approximate surface area is 161 Å². The van der Waals surface area contributed by atoms with E-state index in [2.05, 4.69) is 57.9 Å². The predicted molar refractivity (Wildman–Crippen MR) is 108 cm³/mol. The first kappa shape index (κ1) is 19.4. The minimum Gasteiger partial charge on any atom is -0.379 e. The first-order valence-electron chi connectivity index (χ1n) is 9.63. The van der Waals surface area contributed by atoms with Gasteiger partial charge in [-0.25, -0.2) is 4.99 Å². The molecule has 1 aromatic carbocycles. The molecule has 2 heterocycles. The SMILES string of the molecule is CCNC(=NCc1ccnn1C)NCC(c1ccccc1)N1CCOCC1. The van der Waals surface area contributed by atoms with Gasteiger partial charge in [-0.15, -0.1) is 0 Å². The molecule has 3 rings (SSSR count). The van der Waals surface area contributed by atoms with Gasteiger partial charge in [-0.3, -0.25) is 9.58 Å². The second-order valence-corrected chi connectivity index (χ2v) is 6.60. The molecule has 1 aliphatic heterocycles. The monoisotopic (exact) mass is 370 g/mol. The third-order valence-electron chi connectivity index (χ3n) is 4.80. The zero-order chi connectivity index (χ0) is 18.9. The second kappa shape index (κ2) is 10.1. The molecule has 1 atom stereocenters.